The molecular weight excluding hydrogens is 204 g/mol. The van der Waals surface area contributed by atoms with Crippen molar-refractivity contribution in [1.29, 1.82) is 0 Å². The van der Waals surface area contributed by atoms with Crippen molar-refractivity contribution < 1.29 is 9.90 Å². The molecule has 0 aromatic heterocycles. The molecule has 1 aliphatic heterocycles. The van der Waals surface area contributed by atoms with Crippen molar-refractivity contribution in [1.82, 2.24) is 10.2 Å². The second-order valence-corrected chi connectivity index (χ2v) is 4.99. The second kappa shape index (κ2) is 5.64. The number of nitrogens with zero attached hydrogens (tertiary/aromatic N) is 1. The third-order valence-electron chi connectivity index (χ3n) is 3.51. The van der Waals surface area contributed by atoms with E-state index in [1.54, 1.807) is 0 Å². The maximum absolute atomic E-state index is 11.9. The Morgan fingerprint density at radius 1 is 1.38 bits per heavy atom. The van der Waals surface area contributed by atoms with Crippen molar-refractivity contribution in [3.8, 4) is 0 Å². The van der Waals surface area contributed by atoms with Crippen molar-refractivity contribution in [2.75, 3.05) is 6.61 Å². The first-order valence-corrected chi connectivity index (χ1v) is 6.16. The Bertz CT molecular complexity index is 235. The maximum Gasteiger partial charge on any atom is 0.237 e. The van der Waals surface area contributed by atoms with Gasteiger partial charge >= 0.3 is 0 Å². The van der Waals surface area contributed by atoms with Crippen molar-refractivity contribution >= 4 is 5.91 Å². The largest absolute Gasteiger partial charge is 0.394 e. The summed E-state index contributed by atoms with van der Waals surface area (Å²) in [6, 6.07) is 0.671. The van der Waals surface area contributed by atoms with E-state index in [0.29, 0.717) is 12.1 Å². The summed E-state index contributed by atoms with van der Waals surface area (Å²) in [5.41, 5.74) is 0. The molecule has 0 spiro atoms. The minimum atomic E-state index is -0.164. The number of rotatable bonds is 4. The summed E-state index contributed by atoms with van der Waals surface area (Å²) in [4.78, 5) is 14.2. The highest BCUT2D eigenvalue weighted by atomic mass is 16.3. The zero-order valence-electron chi connectivity index (χ0n) is 10.7. The van der Waals surface area contributed by atoms with Gasteiger partial charge in [-0.15, -0.1) is 0 Å². The molecule has 0 aromatic carbocycles. The molecule has 4 nitrogen and oxygen atoms in total. The van der Waals surface area contributed by atoms with E-state index in [1.807, 2.05) is 13.8 Å². The molecule has 0 radical (unpaired) electrons. The SMILES string of the molecule is C[C@H](CO)NC(=O)[C@H](C)N1[C@@H](C)CC[C@@H]1C. The average molecular weight is 228 g/mol. The van der Waals surface area contributed by atoms with Crippen LogP contribution in [0.25, 0.3) is 0 Å². The monoisotopic (exact) mass is 228 g/mol. The summed E-state index contributed by atoms with van der Waals surface area (Å²) in [6.45, 7) is 8.08. The Morgan fingerprint density at radius 2 is 1.88 bits per heavy atom. The molecule has 1 rings (SSSR count). The predicted molar refractivity (Wildman–Crippen MR) is 64.1 cm³/mol. The Morgan fingerprint density at radius 3 is 2.31 bits per heavy atom. The van der Waals surface area contributed by atoms with E-state index in [9.17, 15) is 4.79 Å². The highest BCUT2D eigenvalue weighted by Gasteiger charge is 2.34. The van der Waals surface area contributed by atoms with Gasteiger partial charge in [0.25, 0.3) is 0 Å². The first kappa shape index (κ1) is 13.5. The Labute approximate surface area is 98.0 Å². The third-order valence-corrected chi connectivity index (χ3v) is 3.51. The lowest BCUT2D eigenvalue weighted by Gasteiger charge is -2.32. The van der Waals surface area contributed by atoms with E-state index in [-0.39, 0.29) is 24.6 Å². The van der Waals surface area contributed by atoms with Gasteiger partial charge in [0.15, 0.2) is 0 Å². The van der Waals surface area contributed by atoms with Crippen LogP contribution >= 0.6 is 0 Å². The van der Waals surface area contributed by atoms with Crippen LogP contribution in [0.1, 0.15) is 40.5 Å². The Hall–Kier alpha value is -0.610. The zero-order valence-corrected chi connectivity index (χ0v) is 10.7. The third kappa shape index (κ3) is 2.95. The Kier molecular flexibility index (Phi) is 4.74. The van der Waals surface area contributed by atoms with Gasteiger partial charge in [0, 0.05) is 18.1 Å². The molecule has 0 aliphatic carbocycles. The minimum Gasteiger partial charge on any atom is -0.394 e. The predicted octanol–water partition coefficient (Wildman–Crippen LogP) is 0.745. The number of hydrogen-bond donors (Lipinski definition) is 2. The number of likely N-dealkylation sites (tertiary alicyclic amines) is 1. The summed E-state index contributed by atoms with van der Waals surface area (Å²) in [5.74, 6) is 0.0159. The number of amides is 1. The van der Waals surface area contributed by atoms with Gasteiger partial charge in [0.1, 0.15) is 0 Å². The van der Waals surface area contributed by atoms with Crippen LogP contribution in [0.3, 0.4) is 0 Å². The second-order valence-electron chi connectivity index (χ2n) is 4.99. The summed E-state index contributed by atoms with van der Waals surface area (Å²) >= 11 is 0. The first-order valence-electron chi connectivity index (χ1n) is 6.16. The van der Waals surface area contributed by atoms with Crippen LogP contribution in [-0.4, -0.2) is 46.7 Å². The summed E-state index contributed by atoms with van der Waals surface area (Å²) in [7, 11) is 0. The molecule has 4 atom stereocenters. The summed E-state index contributed by atoms with van der Waals surface area (Å²) in [5, 5.41) is 11.7. The van der Waals surface area contributed by atoms with E-state index in [4.69, 9.17) is 5.11 Å². The normalized spacial score (nSPS) is 30.1. The quantitative estimate of drug-likeness (QED) is 0.746. The fourth-order valence-corrected chi connectivity index (χ4v) is 2.52. The van der Waals surface area contributed by atoms with Crippen molar-refractivity contribution in [2.24, 2.45) is 0 Å². The van der Waals surface area contributed by atoms with Gasteiger partial charge in [-0.3, -0.25) is 9.69 Å². The molecule has 1 fully saturated rings. The minimum absolute atomic E-state index is 0.0104. The topological polar surface area (TPSA) is 52.6 Å². The molecule has 1 heterocycles. The van der Waals surface area contributed by atoms with Gasteiger partial charge in [0.05, 0.1) is 12.6 Å². The fourth-order valence-electron chi connectivity index (χ4n) is 2.52. The van der Waals surface area contributed by atoms with Gasteiger partial charge in [0.2, 0.25) is 5.91 Å². The number of carbonyl (C=O) groups excluding carboxylic acids is 1. The maximum atomic E-state index is 11.9. The van der Waals surface area contributed by atoms with Gasteiger partial charge < -0.3 is 10.4 Å². The number of aliphatic hydroxyl groups excluding tert-OH is 1. The van der Waals surface area contributed by atoms with Crippen LogP contribution in [0.15, 0.2) is 0 Å². The van der Waals surface area contributed by atoms with Crippen LogP contribution in [0.5, 0.6) is 0 Å². The Balaban J connectivity index is 2.55. The van der Waals surface area contributed by atoms with Crippen LogP contribution in [-0.2, 0) is 4.79 Å². The van der Waals surface area contributed by atoms with Gasteiger partial charge in [-0.05, 0) is 40.5 Å². The first-order chi connectivity index (χ1) is 7.47. The highest BCUT2D eigenvalue weighted by Crippen LogP contribution is 2.25. The lowest BCUT2D eigenvalue weighted by atomic mass is 10.2. The standard InChI is InChI=1S/C12H24N2O2/c1-8(7-15)13-12(16)11(4)14-9(2)5-6-10(14)3/h8-11,15H,5-7H2,1-4H3,(H,13,16)/t8-,9+,10+,11+/m1/s1. The van der Waals surface area contributed by atoms with Crippen LogP contribution in [0.2, 0.25) is 0 Å². The fraction of sp³-hybridized carbons (Fsp3) is 0.917. The molecular formula is C12H24N2O2. The van der Waals surface area contributed by atoms with E-state index < -0.39 is 0 Å². The lowest BCUT2D eigenvalue weighted by molar-refractivity contribution is -0.127. The molecule has 1 aliphatic rings. The highest BCUT2D eigenvalue weighted by molar-refractivity contribution is 5.81. The summed E-state index contributed by atoms with van der Waals surface area (Å²) in [6.07, 6.45) is 2.32. The van der Waals surface area contributed by atoms with E-state index in [2.05, 4.69) is 24.1 Å². The molecule has 0 unspecified atom stereocenters. The van der Waals surface area contributed by atoms with Crippen molar-refractivity contribution in [3.05, 3.63) is 0 Å². The molecule has 94 valence electrons. The van der Waals surface area contributed by atoms with E-state index in [0.717, 1.165) is 12.8 Å². The number of hydrogen-bond acceptors (Lipinski definition) is 3. The number of aliphatic hydroxyl groups is 1. The molecule has 0 aromatic rings. The molecule has 16 heavy (non-hydrogen) atoms. The van der Waals surface area contributed by atoms with Gasteiger partial charge in [-0.25, -0.2) is 0 Å². The van der Waals surface area contributed by atoms with Crippen LogP contribution < -0.4 is 5.32 Å². The zero-order chi connectivity index (χ0) is 12.3. The lowest BCUT2D eigenvalue weighted by Crippen LogP contribution is -2.51. The molecule has 4 heteroatoms. The smallest absolute Gasteiger partial charge is 0.237 e. The van der Waals surface area contributed by atoms with Crippen molar-refractivity contribution in [3.63, 3.8) is 0 Å². The molecule has 0 bridgehead atoms. The molecule has 1 amide bonds. The van der Waals surface area contributed by atoms with Gasteiger partial charge in [-0.1, -0.05) is 0 Å². The van der Waals surface area contributed by atoms with Crippen LogP contribution in [0, 0.1) is 0 Å². The number of nitrogens with one attached hydrogen (secondary N) is 1. The van der Waals surface area contributed by atoms with Crippen LogP contribution in [0.4, 0.5) is 0 Å². The average Bonchev–Trinajstić information content (AvgIpc) is 2.57. The number of carbonyl (C=O) groups is 1. The van der Waals surface area contributed by atoms with E-state index >= 15 is 0 Å². The molecule has 2 N–H and O–H groups in total. The molecule has 1 saturated heterocycles. The van der Waals surface area contributed by atoms with E-state index in [1.165, 1.54) is 0 Å². The van der Waals surface area contributed by atoms with Crippen molar-refractivity contribution in [2.45, 2.75) is 64.7 Å². The molecule has 0 saturated carbocycles. The summed E-state index contributed by atoms with van der Waals surface area (Å²) < 4.78 is 0. The van der Waals surface area contributed by atoms with Gasteiger partial charge in [-0.2, -0.15) is 0 Å².